The number of thiophene rings is 1. The molecule has 1 aromatic carbocycles. The van der Waals surface area contributed by atoms with Crippen molar-refractivity contribution in [3.63, 3.8) is 0 Å². The first kappa shape index (κ1) is 17.8. The number of nitrogens with zero attached hydrogens (tertiary/aromatic N) is 3. The summed E-state index contributed by atoms with van der Waals surface area (Å²) in [6.45, 7) is 5.78. The summed E-state index contributed by atoms with van der Waals surface area (Å²) < 4.78 is 15.1. The molecule has 3 aromatic rings. The number of aryl methyl sites for hydroxylation is 1. The van der Waals surface area contributed by atoms with Gasteiger partial charge in [0.15, 0.2) is 0 Å². The van der Waals surface area contributed by atoms with Gasteiger partial charge in [0.1, 0.15) is 10.6 Å². The van der Waals surface area contributed by atoms with Gasteiger partial charge in [-0.2, -0.15) is 5.10 Å². The van der Waals surface area contributed by atoms with E-state index >= 15 is 0 Å². The topological polar surface area (TPSA) is 50.2 Å². The van der Waals surface area contributed by atoms with Gasteiger partial charge in [-0.05, 0) is 75.0 Å². The van der Waals surface area contributed by atoms with Crippen LogP contribution >= 0.6 is 11.3 Å². The van der Waals surface area contributed by atoms with Gasteiger partial charge in [0, 0.05) is 18.5 Å². The SMILES string of the molecule is Cc1nn(-c2ccc(F)cc2)c2sc(C(=O)N3CC[C@@H]4CNC[C@@H]4CC3)cc12. The normalized spacial score (nSPS) is 22.4. The number of carbonyl (C=O) groups excluding carboxylic acids is 1. The standard InChI is InChI=1S/C21H23FN4OS/c1-13-18-10-19(20(27)25-8-6-14-11-23-12-15(14)7-9-25)28-21(18)26(24-13)17-4-2-16(22)3-5-17/h2-5,10,14-15,23H,6-9,11-12H2,1H3/t14-,15+. The molecule has 2 atom stereocenters. The van der Waals surface area contributed by atoms with Gasteiger partial charge in [0.2, 0.25) is 0 Å². The lowest BCUT2D eigenvalue weighted by Gasteiger charge is -2.20. The minimum Gasteiger partial charge on any atom is -0.338 e. The van der Waals surface area contributed by atoms with Crippen molar-refractivity contribution in [2.75, 3.05) is 26.2 Å². The monoisotopic (exact) mass is 398 g/mol. The van der Waals surface area contributed by atoms with E-state index in [0.717, 1.165) is 65.5 Å². The van der Waals surface area contributed by atoms with Crippen LogP contribution in [0.2, 0.25) is 0 Å². The molecule has 2 aliphatic heterocycles. The van der Waals surface area contributed by atoms with Crippen LogP contribution < -0.4 is 5.32 Å². The first-order valence-corrected chi connectivity index (χ1v) is 10.7. The highest BCUT2D eigenvalue weighted by Gasteiger charge is 2.32. The minimum absolute atomic E-state index is 0.124. The molecule has 0 radical (unpaired) electrons. The van der Waals surface area contributed by atoms with Gasteiger partial charge in [-0.1, -0.05) is 0 Å². The first-order valence-electron chi connectivity index (χ1n) is 9.85. The highest BCUT2D eigenvalue weighted by molar-refractivity contribution is 7.20. The summed E-state index contributed by atoms with van der Waals surface area (Å²) in [6, 6.07) is 8.26. The molecule has 2 saturated heterocycles. The molecule has 5 nitrogen and oxygen atoms in total. The van der Waals surface area contributed by atoms with E-state index in [9.17, 15) is 9.18 Å². The van der Waals surface area contributed by atoms with E-state index in [0.29, 0.717) is 11.8 Å². The second kappa shape index (κ2) is 6.97. The lowest BCUT2D eigenvalue weighted by Crippen LogP contribution is -2.32. The van der Waals surface area contributed by atoms with E-state index in [2.05, 4.69) is 10.4 Å². The zero-order valence-corrected chi connectivity index (χ0v) is 16.6. The van der Waals surface area contributed by atoms with E-state index in [4.69, 9.17) is 0 Å². The van der Waals surface area contributed by atoms with Crippen LogP contribution in [0, 0.1) is 24.6 Å². The van der Waals surface area contributed by atoms with Crippen molar-refractivity contribution in [3.8, 4) is 5.69 Å². The number of hydrogen-bond donors (Lipinski definition) is 1. The van der Waals surface area contributed by atoms with Crippen LogP contribution in [-0.2, 0) is 0 Å². The molecular weight excluding hydrogens is 375 g/mol. The van der Waals surface area contributed by atoms with Crippen LogP contribution in [-0.4, -0.2) is 46.8 Å². The molecule has 2 aliphatic rings. The zero-order valence-electron chi connectivity index (χ0n) is 15.8. The lowest BCUT2D eigenvalue weighted by molar-refractivity contribution is 0.0763. The molecule has 0 unspecified atom stereocenters. The molecule has 146 valence electrons. The largest absolute Gasteiger partial charge is 0.338 e. The highest BCUT2D eigenvalue weighted by atomic mass is 32.1. The van der Waals surface area contributed by atoms with E-state index in [1.165, 1.54) is 23.5 Å². The van der Waals surface area contributed by atoms with E-state index in [1.54, 1.807) is 12.1 Å². The lowest BCUT2D eigenvalue weighted by atomic mass is 9.92. The molecule has 4 heterocycles. The number of hydrogen-bond acceptors (Lipinski definition) is 4. The maximum Gasteiger partial charge on any atom is 0.264 e. The summed E-state index contributed by atoms with van der Waals surface area (Å²) >= 11 is 1.48. The fourth-order valence-electron chi connectivity index (χ4n) is 4.49. The zero-order chi connectivity index (χ0) is 19.3. The van der Waals surface area contributed by atoms with Gasteiger partial charge < -0.3 is 10.2 Å². The van der Waals surface area contributed by atoms with Crippen molar-refractivity contribution < 1.29 is 9.18 Å². The van der Waals surface area contributed by atoms with Crippen molar-refractivity contribution in [3.05, 3.63) is 46.7 Å². The van der Waals surface area contributed by atoms with Gasteiger partial charge in [-0.15, -0.1) is 11.3 Å². The van der Waals surface area contributed by atoms with Crippen molar-refractivity contribution in [1.29, 1.82) is 0 Å². The molecule has 2 aromatic heterocycles. The molecule has 1 N–H and O–H groups in total. The number of carbonyl (C=O) groups is 1. The molecule has 0 aliphatic carbocycles. The number of amides is 1. The molecule has 28 heavy (non-hydrogen) atoms. The Balaban J connectivity index is 1.44. The Labute approximate surface area is 167 Å². The summed E-state index contributed by atoms with van der Waals surface area (Å²) in [4.78, 5) is 16.9. The van der Waals surface area contributed by atoms with Crippen molar-refractivity contribution in [1.82, 2.24) is 20.0 Å². The average molecular weight is 399 g/mol. The average Bonchev–Trinajstić information content (AvgIpc) is 3.36. The number of nitrogens with one attached hydrogen (secondary N) is 1. The first-order chi connectivity index (χ1) is 13.6. The summed E-state index contributed by atoms with van der Waals surface area (Å²) in [7, 11) is 0. The maximum atomic E-state index is 13.3. The third kappa shape index (κ3) is 3.02. The fraction of sp³-hybridized carbons (Fsp3) is 0.429. The van der Waals surface area contributed by atoms with E-state index in [-0.39, 0.29) is 11.7 Å². The molecule has 0 saturated carbocycles. The second-order valence-electron chi connectivity index (χ2n) is 7.85. The van der Waals surface area contributed by atoms with Gasteiger partial charge in [-0.3, -0.25) is 4.79 Å². The molecule has 5 rings (SSSR count). The molecule has 0 spiro atoms. The Morgan fingerprint density at radius 2 is 1.86 bits per heavy atom. The molecule has 7 heteroatoms. The Morgan fingerprint density at radius 3 is 2.54 bits per heavy atom. The smallest absolute Gasteiger partial charge is 0.264 e. The Bertz CT molecular complexity index is 1010. The van der Waals surface area contributed by atoms with Crippen LogP contribution in [0.15, 0.2) is 30.3 Å². The van der Waals surface area contributed by atoms with Crippen molar-refractivity contribution >= 4 is 27.5 Å². The number of halogens is 1. The minimum atomic E-state index is -0.271. The Kier molecular flexibility index (Phi) is 4.44. The van der Waals surface area contributed by atoms with Gasteiger partial charge >= 0.3 is 0 Å². The predicted octanol–water partition coefficient (Wildman–Crippen LogP) is 3.61. The number of rotatable bonds is 2. The summed E-state index contributed by atoms with van der Waals surface area (Å²) in [6.07, 6.45) is 2.16. The molecule has 0 bridgehead atoms. The fourth-order valence-corrected chi connectivity index (χ4v) is 5.64. The number of likely N-dealkylation sites (tertiary alicyclic amines) is 1. The number of aromatic nitrogens is 2. The van der Waals surface area contributed by atoms with Gasteiger partial charge in [0.25, 0.3) is 5.91 Å². The van der Waals surface area contributed by atoms with Gasteiger partial charge in [0.05, 0.1) is 16.3 Å². The van der Waals surface area contributed by atoms with Gasteiger partial charge in [-0.25, -0.2) is 9.07 Å². The van der Waals surface area contributed by atoms with E-state index in [1.807, 2.05) is 22.6 Å². The van der Waals surface area contributed by atoms with Crippen LogP contribution in [0.25, 0.3) is 15.9 Å². The molecular formula is C21H23FN4OS. The third-order valence-electron chi connectivity index (χ3n) is 6.13. The second-order valence-corrected chi connectivity index (χ2v) is 8.88. The summed E-state index contributed by atoms with van der Waals surface area (Å²) in [5.41, 5.74) is 1.68. The Hall–Kier alpha value is -2.25. The number of fused-ring (bicyclic) bond motifs is 2. The van der Waals surface area contributed by atoms with Crippen molar-refractivity contribution in [2.24, 2.45) is 11.8 Å². The molecule has 1 amide bonds. The van der Waals surface area contributed by atoms with Crippen molar-refractivity contribution in [2.45, 2.75) is 19.8 Å². The highest BCUT2D eigenvalue weighted by Crippen LogP contribution is 2.33. The quantitative estimate of drug-likeness (QED) is 0.718. The van der Waals surface area contributed by atoms with Crippen LogP contribution in [0.1, 0.15) is 28.2 Å². The van der Waals surface area contributed by atoms with E-state index < -0.39 is 0 Å². The maximum absolute atomic E-state index is 13.3. The number of benzene rings is 1. The third-order valence-corrected chi connectivity index (χ3v) is 7.23. The predicted molar refractivity (Wildman–Crippen MR) is 109 cm³/mol. The molecule has 2 fully saturated rings. The summed E-state index contributed by atoms with van der Waals surface area (Å²) in [5, 5.41) is 9.06. The van der Waals surface area contributed by atoms with Crippen LogP contribution in [0.3, 0.4) is 0 Å². The summed E-state index contributed by atoms with van der Waals surface area (Å²) in [5.74, 6) is 1.26. The van der Waals surface area contributed by atoms with Crippen LogP contribution in [0.4, 0.5) is 4.39 Å². The Morgan fingerprint density at radius 1 is 1.18 bits per heavy atom. The van der Waals surface area contributed by atoms with Crippen LogP contribution in [0.5, 0.6) is 0 Å².